The fourth-order valence-electron chi connectivity index (χ4n) is 2.27. The first-order chi connectivity index (χ1) is 11.3. The van der Waals surface area contributed by atoms with Crippen molar-refractivity contribution in [3.63, 3.8) is 0 Å². The van der Waals surface area contributed by atoms with Gasteiger partial charge in [-0.25, -0.2) is 23.4 Å². The first-order valence-corrected chi connectivity index (χ1v) is 7.98. The van der Waals surface area contributed by atoms with E-state index in [-0.39, 0.29) is 16.9 Å². The van der Waals surface area contributed by atoms with Crippen molar-refractivity contribution < 1.29 is 27.4 Å². The SMILES string of the molecule is COc1ccc(-c2cnc(O)nc2)c(F)c1N1CC(=O)NS1(=O)=O. The highest BCUT2D eigenvalue weighted by atomic mass is 32.2. The van der Waals surface area contributed by atoms with Crippen molar-refractivity contribution in [1.82, 2.24) is 14.7 Å². The Bertz CT molecular complexity index is 917. The fourth-order valence-corrected chi connectivity index (χ4v) is 3.43. The molecule has 0 radical (unpaired) electrons. The molecule has 2 heterocycles. The lowest BCUT2D eigenvalue weighted by Gasteiger charge is -2.20. The Hall–Kier alpha value is -2.95. The Morgan fingerprint density at radius 1 is 1.33 bits per heavy atom. The third-order valence-corrected chi connectivity index (χ3v) is 4.70. The van der Waals surface area contributed by atoms with Gasteiger partial charge in [-0.05, 0) is 12.1 Å². The molecule has 1 aliphatic rings. The topological polar surface area (TPSA) is 122 Å². The summed E-state index contributed by atoms with van der Waals surface area (Å²) in [7, 11) is -2.96. The average Bonchev–Trinajstić information content (AvgIpc) is 2.80. The molecule has 24 heavy (non-hydrogen) atoms. The van der Waals surface area contributed by atoms with Crippen LogP contribution in [0.25, 0.3) is 11.1 Å². The molecule has 0 atom stereocenters. The minimum Gasteiger partial charge on any atom is -0.494 e. The predicted molar refractivity (Wildman–Crippen MR) is 80.1 cm³/mol. The summed E-state index contributed by atoms with van der Waals surface area (Å²) in [6.07, 6.45) is 2.36. The van der Waals surface area contributed by atoms with Gasteiger partial charge in [0.1, 0.15) is 18.0 Å². The van der Waals surface area contributed by atoms with Crippen molar-refractivity contribution in [2.75, 3.05) is 18.0 Å². The second-order valence-electron chi connectivity index (χ2n) is 4.79. The Balaban J connectivity index is 2.20. The zero-order chi connectivity index (χ0) is 17.5. The van der Waals surface area contributed by atoms with Gasteiger partial charge in [0.2, 0.25) is 0 Å². The van der Waals surface area contributed by atoms with Crippen LogP contribution in [0.4, 0.5) is 10.1 Å². The summed E-state index contributed by atoms with van der Waals surface area (Å²) in [4.78, 5) is 18.5. The number of hydrogen-bond acceptors (Lipinski definition) is 7. The monoisotopic (exact) mass is 354 g/mol. The normalized spacial score (nSPS) is 16.1. The molecular weight excluding hydrogens is 343 g/mol. The summed E-state index contributed by atoms with van der Waals surface area (Å²) in [5, 5.41) is 9.11. The van der Waals surface area contributed by atoms with E-state index in [0.29, 0.717) is 4.31 Å². The van der Waals surface area contributed by atoms with Gasteiger partial charge in [0.05, 0.1) is 7.11 Å². The van der Waals surface area contributed by atoms with Gasteiger partial charge in [0.25, 0.3) is 5.91 Å². The van der Waals surface area contributed by atoms with Crippen molar-refractivity contribution in [3.8, 4) is 22.9 Å². The minimum atomic E-state index is -4.21. The smallest absolute Gasteiger partial charge is 0.326 e. The Kier molecular flexibility index (Phi) is 3.72. The molecule has 1 aromatic heterocycles. The molecule has 1 aromatic carbocycles. The van der Waals surface area contributed by atoms with Crippen LogP contribution in [0.3, 0.4) is 0 Å². The number of benzene rings is 1. The van der Waals surface area contributed by atoms with Gasteiger partial charge in [0, 0.05) is 23.5 Å². The number of halogens is 1. The van der Waals surface area contributed by atoms with Crippen molar-refractivity contribution in [2.24, 2.45) is 0 Å². The van der Waals surface area contributed by atoms with Gasteiger partial charge >= 0.3 is 16.2 Å². The van der Waals surface area contributed by atoms with Crippen LogP contribution in [0, 0.1) is 5.82 Å². The maximum absolute atomic E-state index is 15.0. The summed E-state index contributed by atoms with van der Waals surface area (Å²) in [6, 6.07) is 2.23. The number of aromatic nitrogens is 2. The van der Waals surface area contributed by atoms with E-state index < -0.39 is 40.2 Å². The lowest BCUT2D eigenvalue weighted by Crippen LogP contribution is -2.30. The van der Waals surface area contributed by atoms with E-state index in [1.807, 2.05) is 0 Å². The number of anilines is 1. The molecule has 2 aromatic rings. The second-order valence-corrected chi connectivity index (χ2v) is 6.38. The molecule has 2 N–H and O–H groups in total. The number of methoxy groups -OCH3 is 1. The largest absolute Gasteiger partial charge is 0.494 e. The highest BCUT2D eigenvalue weighted by molar-refractivity contribution is 7.92. The Morgan fingerprint density at radius 3 is 2.54 bits per heavy atom. The fraction of sp³-hybridized carbons (Fsp3) is 0.154. The molecule has 11 heteroatoms. The molecule has 0 aliphatic carbocycles. The molecule has 0 unspecified atom stereocenters. The molecule has 0 spiro atoms. The van der Waals surface area contributed by atoms with Crippen LogP contribution in [-0.4, -0.2) is 43.1 Å². The number of hydrogen-bond donors (Lipinski definition) is 2. The first-order valence-electron chi connectivity index (χ1n) is 6.54. The number of ether oxygens (including phenoxy) is 1. The third-order valence-electron chi connectivity index (χ3n) is 3.32. The molecule has 9 nitrogen and oxygen atoms in total. The maximum Gasteiger partial charge on any atom is 0.326 e. The Morgan fingerprint density at radius 2 is 2.00 bits per heavy atom. The van der Waals surface area contributed by atoms with Crippen LogP contribution in [-0.2, 0) is 15.0 Å². The van der Waals surface area contributed by atoms with Crippen molar-refractivity contribution in [3.05, 3.63) is 30.3 Å². The molecule has 1 aliphatic heterocycles. The van der Waals surface area contributed by atoms with Crippen LogP contribution in [0.1, 0.15) is 0 Å². The molecule has 1 amide bonds. The van der Waals surface area contributed by atoms with E-state index in [0.717, 1.165) is 0 Å². The van der Waals surface area contributed by atoms with Gasteiger partial charge in [-0.3, -0.25) is 4.79 Å². The van der Waals surface area contributed by atoms with Gasteiger partial charge in [-0.15, -0.1) is 0 Å². The number of nitrogens with one attached hydrogen (secondary N) is 1. The highest BCUT2D eigenvalue weighted by Gasteiger charge is 2.38. The molecule has 0 bridgehead atoms. The van der Waals surface area contributed by atoms with E-state index in [4.69, 9.17) is 9.84 Å². The highest BCUT2D eigenvalue weighted by Crippen LogP contribution is 2.39. The quantitative estimate of drug-likeness (QED) is 0.806. The van der Waals surface area contributed by atoms with Crippen LogP contribution < -0.4 is 13.8 Å². The number of carbonyl (C=O) groups excluding carboxylic acids is 1. The van der Waals surface area contributed by atoms with Crippen molar-refractivity contribution in [2.45, 2.75) is 0 Å². The molecule has 3 rings (SSSR count). The summed E-state index contributed by atoms with van der Waals surface area (Å²) >= 11 is 0. The third kappa shape index (κ3) is 2.58. The van der Waals surface area contributed by atoms with E-state index in [2.05, 4.69) is 9.97 Å². The van der Waals surface area contributed by atoms with Gasteiger partial charge in [0.15, 0.2) is 5.82 Å². The number of rotatable bonds is 3. The summed E-state index contributed by atoms with van der Waals surface area (Å²) < 4.78 is 46.4. The van der Waals surface area contributed by atoms with E-state index >= 15 is 0 Å². The lowest BCUT2D eigenvalue weighted by molar-refractivity contribution is -0.117. The van der Waals surface area contributed by atoms with E-state index in [1.54, 1.807) is 4.72 Å². The Labute approximate surface area is 135 Å². The van der Waals surface area contributed by atoms with E-state index in [9.17, 15) is 17.6 Å². The summed E-state index contributed by atoms with van der Waals surface area (Å²) in [5.41, 5.74) is -0.202. The number of nitrogens with zero attached hydrogens (tertiary/aromatic N) is 3. The second kappa shape index (κ2) is 5.60. The van der Waals surface area contributed by atoms with Crippen LogP contribution in [0.15, 0.2) is 24.5 Å². The van der Waals surface area contributed by atoms with E-state index in [1.165, 1.54) is 31.6 Å². The number of amides is 1. The number of carbonyl (C=O) groups is 1. The predicted octanol–water partition coefficient (Wildman–Crippen LogP) is 0.178. The summed E-state index contributed by atoms with van der Waals surface area (Å²) in [5.74, 6) is -1.77. The molecule has 0 saturated carbocycles. The number of aromatic hydroxyl groups is 1. The van der Waals surface area contributed by atoms with Crippen molar-refractivity contribution >= 4 is 21.8 Å². The first kappa shape index (κ1) is 15.9. The van der Waals surface area contributed by atoms with Crippen LogP contribution in [0.5, 0.6) is 11.8 Å². The molecule has 1 saturated heterocycles. The molecule has 126 valence electrons. The lowest BCUT2D eigenvalue weighted by atomic mass is 10.1. The maximum atomic E-state index is 15.0. The van der Waals surface area contributed by atoms with Crippen molar-refractivity contribution in [1.29, 1.82) is 0 Å². The zero-order valence-corrected chi connectivity index (χ0v) is 13.0. The standard InChI is InChI=1S/C13H11FN4O5S/c1-23-9-3-2-8(7-4-15-13(20)16-5-7)11(14)12(9)18-6-10(19)17-24(18,21)22/h2-5H,6H2,1H3,(H,17,19)(H,15,16,20). The molecular formula is C13H11FN4O5S. The van der Waals surface area contributed by atoms with Crippen LogP contribution >= 0.6 is 0 Å². The van der Waals surface area contributed by atoms with Gasteiger partial charge in [-0.1, -0.05) is 0 Å². The average molecular weight is 354 g/mol. The summed E-state index contributed by atoms with van der Waals surface area (Å²) in [6.45, 7) is -0.564. The molecule has 1 fully saturated rings. The zero-order valence-electron chi connectivity index (χ0n) is 12.2. The van der Waals surface area contributed by atoms with Gasteiger partial charge in [-0.2, -0.15) is 8.42 Å². The van der Waals surface area contributed by atoms with Gasteiger partial charge < -0.3 is 9.84 Å². The minimum absolute atomic E-state index is 0.0136. The van der Waals surface area contributed by atoms with Crippen LogP contribution in [0.2, 0.25) is 0 Å².